The molecule has 0 aliphatic heterocycles. The van der Waals surface area contributed by atoms with E-state index in [-0.39, 0.29) is 0 Å². The van der Waals surface area contributed by atoms with Crippen LogP contribution in [0.15, 0.2) is 36.8 Å². The van der Waals surface area contributed by atoms with Crippen LogP contribution in [0.25, 0.3) is 0 Å². The first kappa shape index (κ1) is 14.6. The predicted molar refractivity (Wildman–Crippen MR) is 71.9 cm³/mol. The van der Waals surface area contributed by atoms with Crippen LogP contribution in [-0.4, -0.2) is 20.1 Å². The molecule has 0 radical (unpaired) electrons. The van der Waals surface area contributed by atoms with Crippen LogP contribution in [0.5, 0.6) is 0 Å². The molecule has 0 spiro atoms. The van der Waals surface area contributed by atoms with Gasteiger partial charge in [0.05, 0.1) is 13.1 Å². The van der Waals surface area contributed by atoms with Crippen molar-refractivity contribution < 1.29 is 0 Å². The average molecular weight is 223 g/mol. The third-order valence-electron chi connectivity index (χ3n) is 2.64. The Balaban J connectivity index is 3.73. The van der Waals surface area contributed by atoms with Gasteiger partial charge in [-0.3, -0.25) is 0 Å². The van der Waals surface area contributed by atoms with Crippen molar-refractivity contribution in [3.8, 4) is 0 Å². The predicted octanol–water partition coefficient (Wildman–Crippen LogP) is 1.97. The van der Waals surface area contributed by atoms with Gasteiger partial charge in [0.2, 0.25) is 0 Å². The van der Waals surface area contributed by atoms with Gasteiger partial charge in [0.25, 0.3) is 0 Å². The summed E-state index contributed by atoms with van der Waals surface area (Å²) < 4.78 is 0. The average Bonchev–Trinajstić information content (AvgIpc) is 2.31. The molecule has 0 aliphatic carbocycles. The zero-order valence-electron chi connectivity index (χ0n) is 10.8. The van der Waals surface area contributed by atoms with Crippen LogP contribution in [0.2, 0.25) is 0 Å². The summed E-state index contributed by atoms with van der Waals surface area (Å²) in [6.07, 6.45) is 1.10. The van der Waals surface area contributed by atoms with E-state index >= 15 is 0 Å². The Morgan fingerprint density at radius 1 is 1.06 bits per heavy atom. The highest BCUT2D eigenvalue weighted by molar-refractivity contribution is 5.05. The van der Waals surface area contributed by atoms with Gasteiger partial charge in [-0.2, -0.15) is 0 Å². The molecule has 3 N–H and O–H groups in total. The van der Waals surface area contributed by atoms with Crippen LogP contribution in [0.1, 0.15) is 20.3 Å². The van der Waals surface area contributed by atoms with E-state index in [1.807, 2.05) is 7.05 Å². The van der Waals surface area contributed by atoms with E-state index in [0.717, 1.165) is 23.5 Å². The molecule has 0 heterocycles. The van der Waals surface area contributed by atoms with Gasteiger partial charge in [0, 0.05) is 24.1 Å². The van der Waals surface area contributed by atoms with Gasteiger partial charge in [0.15, 0.2) is 0 Å². The van der Waals surface area contributed by atoms with Crippen molar-refractivity contribution in [1.82, 2.24) is 16.0 Å². The first-order chi connectivity index (χ1) is 7.51. The molecule has 16 heavy (non-hydrogen) atoms. The summed E-state index contributed by atoms with van der Waals surface area (Å²) in [4.78, 5) is 0. The number of likely N-dealkylation sites (N-methyl/N-ethyl adjacent to an activating group) is 1. The molecule has 1 unspecified atom stereocenters. The van der Waals surface area contributed by atoms with Gasteiger partial charge < -0.3 is 16.0 Å². The molecule has 0 aromatic carbocycles. The molecule has 0 aromatic rings. The number of hydrogen-bond donors (Lipinski definition) is 3. The largest absolute Gasteiger partial charge is 0.390 e. The SMILES string of the molecule is C=C(CNC(=C)CNC(=C)C(C)CC)NC. The number of nitrogens with one attached hydrogen (secondary N) is 3. The van der Waals surface area contributed by atoms with Crippen LogP contribution in [-0.2, 0) is 0 Å². The standard InChI is InChI=1S/C13H25N3/c1-7-10(2)13(5)16-9-12(4)15-8-11(3)14-6/h10,14-16H,3-5,7-9H2,1-2,6H3. The molecule has 0 bridgehead atoms. The molecular weight excluding hydrogens is 198 g/mol. The molecule has 3 nitrogen and oxygen atoms in total. The normalized spacial score (nSPS) is 11.4. The van der Waals surface area contributed by atoms with E-state index in [1.165, 1.54) is 0 Å². The lowest BCUT2D eigenvalue weighted by Gasteiger charge is -2.17. The van der Waals surface area contributed by atoms with Crippen molar-refractivity contribution >= 4 is 0 Å². The fourth-order valence-corrected chi connectivity index (χ4v) is 1.02. The van der Waals surface area contributed by atoms with Gasteiger partial charge in [0.1, 0.15) is 0 Å². The maximum atomic E-state index is 4.00. The molecule has 0 aliphatic rings. The molecule has 0 saturated heterocycles. The topological polar surface area (TPSA) is 36.1 Å². The van der Waals surface area contributed by atoms with Crippen molar-refractivity contribution in [2.75, 3.05) is 20.1 Å². The van der Waals surface area contributed by atoms with E-state index < -0.39 is 0 Å². The molecule has 92 valence electrons. The fraction of sp³-hybridized carbons (Fsp3) is 0.538. The van der Waals surface area contributed by atoms with Gasteiger partial charge in [-0.05, 0) is 12.3 Å². The van der Waals surface area contributed by atoms with E-state index in [0.29, 0.717) is 19.0 Å². The summed E-state index contributed by atoms with van der Waals surface area (Å²) in [6.45, 7) is 17.5. The summed E-state index contributed by atoms with van der Waals surface area (Å²) >= 11 is 0. The zero-order valence-corrected chi connectivity index (χ0v) is 10.8. The van der Waals surface area contributed by atoms with E-state index in [4.69, 9.17) is 0 Å². The van der Waals surface area contributed by atoms with Crippen LogP contribution in [0.4, 0.5) is 0 Å². The first-order valence-corrected chi connectivity index (χ1v) is 5.71. The highest BCUT2D eigenvalue weighted by Crippen LogP contribution is 2.08. The number of allylic oxidation sites excluding steroid dienone is 1. The Bertz CT molecular complexity index is 256. The van der Waals surface area contributed by atoms with E-state index in [1.54, 1.807) is 0 Å². The first-order valence-electron chi connectivity index (χ1n) is 5.71. The lowest BCUT2D eigenvalue weighted by molar-refractivity contribution is 0.595. The molecule has 0 amide bonds. The zero-order chi connectivity index (χ0) is 12.6. The summed E-state index contributed by atoms with van der Waals surface area (Å²) in [5.74, 6) is 0.500. The van der Waals surface area contributed by atoms with Gasteiger partial charge >= 0.3 is 0 Å². The minimum Gasteiger partial charge on any atom is -0.390 e. The summed E-state index contributed by atoms with van der Waals surface area (Å²) in [5.41, 5.74) is 2.96. The lowest BCUT2D eigenvalue weighted by atomic mass is 10.1. The Kier molecular flexibility index (Phi) is 7.18. The Morgan fingerprint density at radius 3 is 2.12 bits per heavy atom. The number of rotatable bonds is 9. The Morgan fingerprint density at radius 2 is 1.62 bits per heavy atom. The van der Waals surface area contributed by atoms with Crippen LogP contribution in [0, 0.1) is 5.92 Å². The molecule has 0 rings (SSSR count). The molecule has 0 fully saturated rings. The highest BCUT2D eigenvalue weighted by Gasteiger charge is 2.03. The van der Waals surface area contributed by atoms with Crippen molar-refractivity contribution in [3.05, 3.63) is 36.8 Å². The van der Waals surface area contributed by atoms with Crippen molar-refractivity contribution in [1.29, 1.82) is 0 Å². The maximum Gasteiger partial charge on any atom is 0.0539 e. The quantitative estimate of drug-likeness (QED) is 0.559. The summed E-state index contributed by atoms with van der Waals surface area (Å²) in [6, 6.07) is 0. The van der Waals surface area contributed by atoms with Crippen molar-refractivity contribution in [3.63, 3.8) is 0 Å². The van der Waals surface area contributed by atoms with Crippen LogP contribution < -0.4 is 16.0 Å². The van der Waals surface area contributed by atoms with Gasteiger partial charge in [-0.25, -0.2) is 0 Å². The maximum absolute atomic E-state index is 4.00. The Hall–Kier alpha value is -1.38. The van der Waals surface area contributed by atoms with Gasteiger partial charge in [-0.15, -0.1) is 0 Å². The summed E-state index contributed by atoms with van der Waals surface area (Å²) in [7, 11) is 1.86. The second-order valence-corrected chi connectivity index (χ2v) is 4.00. The Labute approximate surface area is 99.7 Å². The van der Waals surface area contributed by atoms with Crippen molar-refractivity contribution in [2.45, 2.75) is 20.3 Å². The highest BCUT2D eigenvalue weighted by atomic mass is 15.0. The fourth-order valence-electron chi connectivity index (χ4n) is 1.02. The smallest absolute Gasteiger partial charge is 0.0539 e. The van der Waals surface area contributed by atoms with Crippen molar-refractivity contribution in [2.24, 2.45) is 5.92 Å². The van der Waals surface area contributed by atoms with Crippen LogP contribution >= 0.6 is 0 Å². The third kappa shape index (κ3) is 6.17. The molecule has 0 aromatic heterocycles. The second-order valence-electron chi connectivity index (χ2n) is 4.00. The monoisotopic (exact) mass is 223 g/mol. The second kappa shape index (κ2) is 7.85. The molecular formula is C13H25N3. The van der Waals surface area contributed by atoms with E-state index in [9.17, 15) is 0 Å². The third-order valence-corrected chi connectivity index (χ3v) is 2.64. The lowest BCUT2D eigenvalue weighted by Crippen LogP contribution is -2.28. The summed E-state index contributed by atoms with van der Waals surface area (Å²) in [5, 5.41) is 9.43. The minimum atomic E-state index is 0.500. The molecule has 1 atom stereocenters. The van der Waals surface area contributed by atoms with Gasteiger partial charge in [-0.1, -0.05) is 33.6 Å². The minimum absolute atomic E-state index is 0.500. The van der Waals surface area contributed by atoms with Crippen LogP contribution in [0.3, 0.4) is 0 Å². The molecule has 3 heteroatoms. The number of hydrogen-bond acceptors (Lipinski definition) is 3. The molecule has 0 saturated carbocycles. The van der Waals surface area contributed by atoms with E-state index in [2.05, 4.69) is 49.5 Å².